The highest BCUT2D eigenvalue weighted by molar-refractivity contribution is 7.55. The lowest BCUT2D eigenvalue weighted by atomic mass is 10.2. The lowest BCUT2D eigenvalue weighted by molar-refractivity contribution is -0.0819. The fourth-order valence-electron chi connectivity index (χ4n) is 3.13. The van der Waals surface area contributed by atoms with Crippen molar-refractivity contribution in [1.82, 2.24) is 9.55 Å². The van der Waals surface area contributed by atoms with Crippen molar-refractivity contribution in [3.8, 4) is 0 Å². The zero-order valence-corrected chi connectivity index (χ0v) is 16.0. The second-order valence-electron chi connectivity index (χ2n) is 6.66. The van der Waals surface area contributed by atoms with Crippen LogP contribution in [0.15, 0.2) is 15.8 Å². The van der Waals surface area contributed by atoms with Crippen LogP contribution in [0.5, 0.6) is 0 Å². The third kappa shape index (κ3) is 5.01. The monoisotopic (exact) mass is 407 g/mol. The van der Waals surface area contributed by atoms with Gasteiger partial charge in [0.25, 0.3) is 5.56 Å². The van der Waals surface area contributed by atoms with Gasteiger partial charge < -0.3 is 4.74 Å². The maximum Gasteiger partial charge on any atom is 0.573 e. The van der Waals surface area contributed by atoms with Gasteiger partial charge in [-0.25, -0.2) is 4.79 Å². The van der Waals surface area contributed by atoms with Crippen LogP contribution in [0.3, 0.4) is 0 Å². The molecule has 0 saturated carbocycles. The van der Waals surface area contributed by atoms with E-state index in [1.165, 1.54) is 6.42 Å². The van der Waals surface area contributed by atoms with Gasteiger partial charge in [-0.1, -0.05) is 32.6 Å². The van der Waals surface area contributed by atoms with Crippen LogP contribution in [0.1, 0.15) is 51.7 Å². The molecule has 1 aromatic heterocycles. The SMILES string of the molecule is CCCCCCCO[P+]1(O)OC[C@H]2O[C@@H](n3cc(F)c(=O)[nH]c3=O)C[C@@H]2O1. The number of nitrogens with one attached hydrogen (secondary N) is 1. The summed E-state index contributed by atoms with van der Waals surface area (Å²) in [5.74, 6) is -1.08. The van der Waals surface area contributed by atoms with Crippen LogP contribution in [-0.4, -0.2) is 39.9 Å². The number of nitrogens with zero attached hydrogens (tertiary/aromatic N) is 1. The van der Waals surface area contributed by atoms with E-state index in [2.05, 4.69) is 6.92 Å². The molecular formula is C16H25FN2O7P+. The maximum absolute atomic E-state index is 13.5. The average Bonchev–Trinajstić information content (AvgIpc) is 3.03. The van der Waals surface area contributed by atoms with E-state index in [0.717, 1.165) is 36.4 Å². The summed E-state index contributed by atoms with van der Waals surface area (Å²) in [7, 11) is -3.44. The second kappa shape index (κ2) is 8.89. The molecular weight excluding hydrogens is 382 g/mol. The van der Waals surface area contributed by atoms with E-state index in [1.807, 2.05) is 4.98 Å². The highest BCUT2D eigenvalue weighted by Gasteiger charge is 2.57. The molecule has 2 saturated heterocycles. The Kier molecular flexibility index (Phi) is 6.78. The Balaban J connectivity index is 1.55. The summed E-state index contributed by atoms with van der Waals surface area (Å²) in [5.41, 5.74) is -1.86. The highest BCUT2D eigenvalue weighted by atomic mass is 31.2. The molecule has 0 radical (unpaired) electrons. The summed E-state index contributed by atoms with van der Waals surface area (Å²) in [5, 5.41) is 0. The van der Waals surface area contributed by atoms with Crippen molar-refractivity contribution in [1.29, 1.82) is 0 Å². The molecule has 11 heteroatoms. The first-order chi connectivity index (χ1) is 12.9. The van der Waals surface area contributed by atoms with Gasteiger partial charge in [0.2, 0.25) is 5.82 Å². The number of aromatic nitrogens is 2. The molecule has 0 aromatic carbocycles. The van der Waals surface area contributed by atoms with Crippen molar-refractivity contribution in [2.24, 2.45) is 0 Å². The van der Waals surface area contributed by atoms with E-state index >= 15 is 0 Å². The number of fused-ring (bicyclic) bond motifs is 1. The molecule has 9 nitrogen and oxygen atoms in total. The van der Waals surface area contributed by atoms with Gasteiger partial charge in [-0.15, -0.1) is 4.52 Å². The lowest BCUT2D eigenvalue weighted by Crippen LogP contribution is -2.35. The molecule has 2 aliphatic heterocycles. The number of unbranched alkanes of at least 4 members (excludes halogenated alkanes) is 4. The number of rotatable bonds is 8. The second-order valence-corrected chi connectivity index (χ2v) is 8.33. The van der Waals surface area contributed by atoms with Crippen LogP contribution < -0.4 is 11.2 Å². The number of H-pyrrole nitrogens is 1. The first-order valence-corrected chi connectivity index (χ1v) is 10.7. The summed E-state index contributed by atoms with van der Waals surface area (Å²) in [6.07, 6.45) is 4.33. The molecule has 0 bridgehead atoms. The molecule has 27 heavy (non-hydrogen) atoms. The van der Waals surface area contributed by atoms with Crippen molar-refractivity contribution >= 4 is 8.17 Å². The van der Waals surface area contributed by atoms with Gasteiger partial charge in [0.1, 0.15) is 31.6 Å². The van der Waals surface area contributed by atoms with E-state index in [9.17, 15) is 18.9 Å². The molecule has 3 rings (SSSR count). The topological polar surface area (TPSA) is 112 Å². The van der Waals surface area contributed by atoms with Gasteiger partial charge in [0.15, 0.2) is 0 Å². The van der Waals surface area contributed by atoms with E-state index < -0.39 is 43.7 Å². The molecule has 3 heterocycles. The molecule has 2 fully saturated rings. The van der Waals surface area contributed by atoms with Gasteiger partial charge in [-0.2, -0.15) is 18.3 Å². The number of aromatic amines is 1. The number of halogens is 1. The molecule has 2 aliphatic rings. The predicted octanol–water partition coefficient (Wildman–Crippen LogP) is 2.04. The van der Waals surface area contributed by atoms with Gasteiger partial charge >= 0.3 is 13.9 Å². The van der Waals surface area contributed by atoms with Crippen LogP contribution in [0, 0.1) is 5.82 Å². The molecule has 152 valence electrons. The molecule has 0 amide bonds. The van der Waals surface area contributed by atoms with Gasteiger partial charge in [-0.3, -0.25) is 14.3 Å². The van der Waals surface area contributed by atoms with Crippen LogP contribution in [0.2, 0.25) is 0 Å². The van der Waals surface area contributed by atoms with E-state index in [4.69, 9.17) is 18.3 Å². The Morgan fingerprint density at radius 1 is 1.33 bits per heavy atom. The molecule has 4 atom stereocenters. The quantitative estimate of drug-likeness (QED) is 0.501. The van der Waals surface area contributed by atoms with E-state index in [0.29, 0.717) is 6.61 Å². The Labute approximate surface area is 156 Å². The minimum atomic E-state index is -3.44. The highest BCUT2D eigenvalue weighted by Crippen LogP contribution is 2.63. The Morgan fingerprint density at radius 3 is 2.89 bits per heavy atom. The fourth-order valence-corrected chi connectivity index (χ4v) is 4.58. The fraction of sp³-hybridized carbons (Fsp3) is 0.750. The minimum Gasteiger partial charge on any atom is -0.349 e. The van der Waals surface area contributed by atoms with Gasteiger partial charge in [0, 0.05) is 6.42 Å². The molecule has 1 unspecified atom stereocenters. The predicted molar refractivity (Wildman–Crippen MR) is 94.5 cm³/mol. The Hall–Kier alpha value is -1.16. The molecule has 2 N–H and O–H groups in total. The first-order valence-electron chi connectivity index (χ1n) is 9.17. The number of hydrogen-bond donors (Lipinski definition) is 2. The third-order valence-electron chi connectivity index (χ3n) is 4.59. The minimum absolute atomic E-state index is 0.0435. The zero-order chi connectivity index (χ0) is 19.4. The van der Waals surface area contributed by atoms with Gasteiger partial charge in [-0.05, 0) is 6.42 Å². The van der Waals surface area contributed by atoms with Crippen molar-refractivity contribution in [2.45, 2.75) is 63.9 Å². The number of ether oxygens (including phenoxy) is 1. The average molecular weight is 407 g/mol. The normalized spacial score (nSPS) is 30.4. The van der Waals surface area contributed by atoms with Crippen molar-refractivity contribution in [3.05, 3.63) is 32.9 Å². The summed E-state index contributed by atoms with van der Waals surface area (Å²) in [6, 6.07) is 0. The largest absolute Gasteiger partial charge is 0.573 e. The first kappa shape index (κ1) is 20.6. The number of hydrogen-bond acceptors (Lipinski definition) is 7. The summed E-state index contributed by atoms with van der Waals surface area (Å²) in [4.78, 5) is 35.3. The van der Waals surface area contributed by atoms with Crippen molar-refractivity contribution in [2.75, 3.05) is 13.2 Å². The van der Waals surface area contributed by atoms with Crippen LogP contribution >= 0.6 is 8.17 Å². The van der Waals surface area contributed by atoms with Crippen LogP contribution in [-0.2, 0) is 18.3 Å². The van der Waals surface area contributed by atoms with E-state index in [1.54, 1.807) is 0 Å². The van der Waals surface area contributed by atoms with Gasteiger partial charge in [0.05, 0.1) is 6.20 Å². The van der Waals surface area contributed by atoms with Crippen LogP contribution in [0.25, 0.3) is 0 Å². The summed E-state index contributed by atoms with van der Waals surface area (Å²) >= 11 is 0. The Morgan fingerprint density at radius 2 is 2.11 bits per heavy atom. The summed E-state index contributed by atoms with van der Waals surface area (Å²) in [6.45, 7) is 2.51. The molecule has 0 aliphatic carbocycles. The van der Waals surface area contributed by atoms with Crippen molar-refractivity contribution < 1.29 is 27.6 Å². The zero-order valence-electron chi connectivity index (χ0n) is 15.1. The third-order valence-corrected chi connectivity index (χ3v) is 6.11. The molecule has 1 aromatic rings. The van der Waals surface area contributed by atoms with Crippen molar-refractivity contribution in [3.63, 3.8) is 0 Å². The standard InChI is InChI=1S/C16H24FN2O7P/c1-2-3-4-5-6-7-23-27(22)24-10-13-12(26-27)8-14(25-13)19-9-11(17)15(20)18-16(19)21/h9,12-14,22H,2-8,10H2,1H3/p+1/t12-,13+,14+,27?/m0/s1. The van der Waals surface area contributed by atoms with Crippen LogP contribution in [0.4, 0.5) is 4.39 Å². The Bertz CT molecular complexity index is 757. The maximum atomic E-state index is 13.5. The summed E-state index contributed by atoms with van der Waals surface area (Å²) < 4.78 is 36.5. The molecule has 0 spiro atoms. The lowest BCUT2D eigenvalue weighted by Gasteiger charge is -2.26. The van der Waals surface area contributed by atoms with E-state index in [-0.39, 0.29) is 13.0 Å². The smallest absolute Gasteiger partial charge is 0.349 e.